The summed E-state index contributed by atoms with van der Waals surface area (Å²) in [4.78, 5) is 17.9. The number of fused-ring (bicyclic) bond motifs is 1. The lowest BCUT2D eigenvalue weighted by atomic mass is 10.1. The fourth-order valence-corrected chi connectivity index (χ4v) is 4.02. The van der Waals surface area contributed by atoms with Crippen molar-refractivity contribution in [1.82, 2.24) is 9.88 Å². The predicted octanol–water partition coefficient (Wildman–Crippen LogP) is 4.77. The van der Waals surface area contributed by atoms with Crippen molar-refractivity contribution < 1.29 is 14.3 Å². The molecule has 1 atom stereocenters. The van der Waals surface area contributed by atoms with Gasteiger partial charge in [-0.05, 0) is 55.3 Å². The number of carboxylic acid groups (broad SMARTS) is 1. The molecule has 2 heterocycles. The van der Waals surface area contributed by atoms with Gasteiger partial charge in [-0.25, -0.2) is 4.98 Å². The number of aliphatic carboxylic acids is 1. The number of rotatable bonds is 4. The Balaban J connectivity index is 0.00000240. The van der Waals surface area contributed by atoms with E-state index in [1.807, 2.05) is 31.2 Å². The van der Waals surface area contributed by atoms with Crippen LogP contribution >= 0.6 is 28.3 Å². The molecular weight excluding hydrogens is 458 g/mol. The number of oxazole rings is 1. The Morgan fingerprint density at radius 1 is 1.45 bits per heavy atom. The molecule has 0 bridgehead atoms. The Morgan fingerprint density at radius 3 is 2.93 bits per heavy atom. The minimum atomic E-state index is -0.749. The highest BCUT2D eigenvalue weighted by Crippen LogP contribution is 2.32. The number of hydrogen-bond acceptors (Lipinski definition) is 5. The molecule has 3 aromatic rings. The summed E-state index contributed by atoms with van der Waals surface area (Å²) in [5, 5.41) is 18.8. The van der Waals surface area contributed by atoms with Gasteiger partial charge in [0.1, 0.15) is 11.6 Å². The number of halogens is 2. The molecule has 6 nitrogen and oxygen atoms in total. The maximum atomic E-state index is 11.2. The van der Waals surface area contributed by atoms with Crippen LogP contribution < -0.4 is 0 Å². The van der Waals surface area contributed by atoms with Crippen molar-refractivity contribution in [2.75, 3.05) is 13.1 Å². The summed E-state index contributed by atoms with van der Waals surface area (Å²) in [6.07, 6.45) is 0.652. The normalized spacial score (nSPS) is 16.5. The van der Waals surface area contributed by atoms with Crippen molar-refractivity contribution >= 4 is 45.4 Å². The maximum Gasteiger partial charge on any atom is 0.307 e. The van der Waals surface area contributed by atoms with E-state index in [9.17, 15) is 15.2 Å². The molecule has 29 heavy (non-hydrogen) atoms. The number of carboxylic acids is 1. The van der Waals surface area contributed by atoms with E-state index >= 15 is 0 Å². The standard InChI is InChI=1S/C21H18BrN3O3.ClH/c1-12-16(3-2-4-17(12)22)20-24-18-8-13(7-15(9-23)19(18)28-20)10-25-6-5-14(11-25)21(26)27;/h2-4,7-8,14H,5-6,10-11H2,1H3,(H,26,27);1H/t14-;/m1./s1. The van der Waals surface area contributed by atoms with Crippen LogP contribution in [-0.2, 0) is 11.3 Å². The smallest absolute Gasteiger partial charge is 0.307 e. The topological polar surface area (TPSA) is 90.4 Å². The van der Waals surface area contributed by atoms with Gasteiger partial charge in [0, 0.05) is 23.1 Å². The third kappa shape index (κ3) is 4.15. The number of nitriles is 1. The Labute approximate surface area is 182 Å². The third-order valence-electron chi connectivity index (χ3n) is 5.20. The molecule has 0 aliphatic carbocycles. The third-order valence-corrected chi connectivity index (χ3v) is 6.06. The summed E-state index contributed by atoms with van der Waals surface area (Å²) in [6.45, 7) is 3.83. The minimum absolute atomic E-state index is 0. The summed E-state index contributed by atoms with van der Waals surface area (Å²) in [7, 11) is 0. The Morgan fingerprint density at radius 2 is 2.24 bits per heavy atom. The van der Waals surface area contributed by atoms with Gasteiger partial charge in [0.2, 0.25) is 5.89 Å². The second kappa shape index (κ2) is 8.54. The lowest BCUT2D eigenvalue weighted by Gasteiger charge is -2.15. The van der Waals surface area contributed by atoms with Gasteiger partial charge in [0.15, 0.2) is 5.58 Å². The van der Waals surface area contributed by atoms with Crippen LogP contribution in [0.2, 0.25) is 0 Å². The Kier molecular flexibility index (Phi) is 6.27. The average molecular weight is 477 g/mol. The number of nitrogens with zero attached hydrogens (tertiary/aromatic N) is 3. The van der Waals surface area contributed by atoms with Crippen LogP contribution in [0.3, 0.4) is 0 Å². The first-order chi connectivity index (χ1) is 13.5. The molecule has 8 heteroatoms. The first kappa shape index (κ1) is 21.3. The van der Waals surface area contributed by atoms with Crippen LogP contribution in [0, 0.1) is 24.2 Å². The molecule has 1 aromatic heterocycles. The minimum Gasteiger partial charge on any atom is -0.481 e. The van der Waals surface area contributed by atoms with Crippen molar-refractivity contribution in [3.05, 3.63) is 51.5 Å². The molecule has 1 aliphatic rings. The van der Waals surface area contributed by atoms with Gasteiger partial charge < -0.3 is 9.52 Å². The van der Waals surface area contributed by atoms with Crippen molar-refractivity contribution in [3.8, 4) is 17.5 Å². The second-order valence-corrected chi connectivity index (χ2v) is 7.95. The number of aromatic nitrogens is 1. The van der Waals surface area contributed by atoms with Gasteiger partial charge in [0.25, 0.3) is 0 Å². The number of likely N-dealkylation sites (tertiary alicyclic amines) is 1. The highest BCUT2D eigenvalue weighted by molar-refractivity contribution is 9.10. The average Bonchev–Trinajstić information content (AvgIpc) is 3.30. The summed E-state index contributed by atoms with van der Waals surface area (Å²) in [5.74, 6) is -0.590. The first-order valence-corrected chi connectivity index (χ1v) is 9.79. The number of hydrogen-bond donors (Lipinski definition) is 1. The first-order valence-electron chi connectivity index (χ1n) is 9.00. The SMILES string of the molecule is Cc1c(Br)cccc1-c1nc2cc(CN3CC[C@@H](C(=O)O)C3)cc(C#N)c2o1.Cl. The van der Waals surface area contributed by atoms with Gasteiger partial charge in [-0.1, -0.05) is 22.0 Å². The number of carbonyl (C=O) groups is 1. The van der Waals surface area contributed by atoms with E-state index in [1.54, 1.807) is 6.07 Å². The van der Waals surface area contributed by atoms with Crippen molar-refractivity contribution in [3.63, 3.8) is 0 Å². The quantitative estimate of drug-likeness (QED) is 0.583. The predicted molar refractivity (Wildman–Crippen MR) is 115 cm³/mol. The molecule has 0 radical (unpaired) electrons. The monoisotopic (exact) mass is 475 g/mol. The molecule has 150 valence electrons. The van der Waals surface area contributed by atoms with Crippen molar-refractivity contribution in [2.45, 2.75) is 19.9 Å². The van der Waals surface area contributed by atoms with E-state index in [-0.39, 0.29) is 18.3 Å². The highest BCUT2D eigenvalue weighted by atomic mass is 79.9. The molecule has 4 rings (SSSR count). The van der Waals surface area contributed by atoms with Crippen LogP contribution in [0.15, 0.2) is 39.2 Å². The molecule has 1 fully saturated rings. The van der Waals surface area contributed by atoms with Crippen molar-refractivity contribution in [2.24, 2.45) is 5.92 Å². The summed E-state index contributed by atoms with van der Waals surface area (Å²) >= 11 is 3.52. The maximum absolute atomic E-state index is 11.2. The van der Waals surface area contributed by atoms with Gasteiger partial charge in [-0.3, -0.25) is 9.69 Å². The van der Waals surface area contributed by atoms with E-state index in [1.165, 1.54) is 0 Å². The molecule has 0 amide bonds. The van der Waals surface area contributed by atoms with E-state index in [2.05, 4.69) is 31.9 Å². The number of benzene rings is 2. The largest absolute Gasteiger partial charge is 0.481 e. The van der Waals surface area contributed by atoms with Crippen LogP contribution in [-0.4, -0.2) is 34.0 Å². The lowest BCUT2D eigenvalue weighted by molar-refractivity contribution is -0.141. The highest BCUT2D eigenvalue weighted by Gasteiger charge is 2.28. The lowest BCUT2D eigenvalue weighted by Crippen LogP contribution is -2.22. The van der Waals surface area contributed by atoms with Crippen LogP contribution in [0.4, 0.5) is 0 Å². The molecule has 0 unspecified atom stereocenters. The van der Waals surface area contributed by atoms with E-state index in [0.29, 0.717) is 42.1 Å². The van der Waals surface area contributed by atoms with Crippen molar-refractivity contribution in [1.29, 1.82) is 5.26 Å². The zero-order valence-electron chi connectivity index (χ0n) is 15.7. The molecule has 1 N–H and O–H groups in total. The van der Waals surface area contributed by atoms with Gasteiger partial charge in [0.05, 0.1) is 11.5 Å². The van der Waals surface area contributed by atoms with E-state index < -0.39 is 5.97 Å². The fraction of sp³-hybridized carbons (Fsp3) is 0.286. The Hall–Kier alpha value is -2.40. The van der Waals surface area contributed by atoms with E-state index in [0.717, 1.165) is 27.7 Å². The molecule has 0 spiro atoms. The fourth-order valence-electron chi connectivity index (χ4n) is 3.66. The molecule has 1 aliphatic heterocycles. The van der Waals surface area contributed by atoms with Crippen LogP contribution in [0.1, 0.15) is 23.1 Å². The van der Waals surface area contributed by atoms with Gasteiger partial charge in [-0.15, -0.1) is 12.4 Å². The van der Waals surface area contributed by atoms with Gasteiger partial charge >= 0.3 is 5.97 Å². The van der Waals surface area contributed by atoms with Gasteiger partial charge in [-0.2, -0.15) is 5.26 Å². The molecule has 1 saturated heterocycles. The zero-order chi connectivity index (χ0) is 19.8. The summed E-state index contributed by atoms with van der Waals surface area (Å²) < 4.78 is 6.91. The second-order valence-electron chi connectivity index (χ2n) is 7.09. The molecule has 0 saturated carbocycles. The molecule has 2 aromatic carbocycles. The molecular formula is C21H19BrClN3O3. The Bertz CT molecular complexity index is 1120. The van der Waals surface area contributed by atoms with E-state index in [4.69, 9.17) is 4.42 Å². The van der Waals surface area contributed by atoms with Crippen LogP contribution in [0.25, 0.3) is 22.6 Å². The summed E-state index contributed by atoms with van der Waals surface area (Å²) in [6, 6.07) is 11.7. The van der Waals surface area contributed by atoms with Crippen LogP contribution in [0.5, 0.6) is 0 Å². The summed E-state index contributed by atoms with van der Waals surface area (Å²) in [5.41, 5.74) is 4.38. The zero-order valence-corrected chi connectivity index (χ0v) is 18.1.